The minimum absolute atomic E-state index is 0.340. The van der Waals surface area contributed by atoms with Crippen LogP contribution in [0.1, 0.15) is 45.2 Å². The Morgan fingerprint density at radius 2 is 1.89 bits per heavy atom. The smallest absolute Gasteiger partial charge is 0.0147 e. The number of hydrogen-bond acceptors (Lipinski definition) is 1. The number of rotatable bonds is 3. The van der Waals surface area contributed by atoms with E-state index in [1.54, 1.807) is 11.1 Å². The first-order valence-corrected chi connectivity index (χ1v) is 7.32. The van der Waals surface area contributed by atoms with Crippen LogP contribution in [0.25, 0.3) is 0 Å². The summed E-state index contributed by atoms with van der Waals surface area (Å²) in [4.78, 5) is 0. The molecular weight excluding hydrogens is 218 g/mol. The second kappa shape index (κ2) is 5.44. The van der Waals surface area contributed by atoms with Crippen LogP contribution in [0.2, 0.25) is 0 Å². The van der Waals surface area contributed by atoms with E-state index in [1.165, 1.54) is 19.3 Å². The van der Waals surface area contributed by atoms with Crippen molar-refractivity contribution in [2.24, 2.45) is 11.3 Å². The summed E-state index contributed by atoms with van der Waals surface area (Å²) in [7, 11) is 0. The molecule has 2 unspecified atom stereocenters. The van der Waals surface area contributed by atoms with Gasteiger partial charge in [-0.05, 0) is 48.3 Å². The van der Waals surface area contributed by atoms with E-state index in [9.17, 15) is 0 Å². The van der Waals surface area contributed by atoms with Gasteiger partial charge in [0.25, 0.3) is 0 Å². The van der Waals surface area contributed by atoms with Crippen LogP contribution < -0.4 is 5.32 Å². The first-order chi connectivity index (χ1) is 8.52. The van der Waals surface area contributed by atoms with Gasteiger partial charge in [-0.3, -0.25) is 0 Å². The molecule has 0 saturated heterocycles. The molecule has 2 atom stereocenters. The minimum atomic E-state index is 0.340. The van der Waals surface area contributed by atoms with Gasteiger partial charge in [0.15, 0.2) is 0 Å². The van der Waals surface area contributed by atoms with Crippen LogP contribution in [-0.4, -0.2) is 12.6 Å². The predicted octanol–water partition coefficient (Wildman–Crippen LogP) is 3.82. The zero-order valence-corrected chi connectivity index (χ0v) is 12.3. The van der Waals surface area contributed by atoms with Crippen LogP contribution in [0.4, 0.5) is 0 Å². The molecule has 0 aliphatic heterocycles. The maximum absolute atomic E-state index is 3.72. The van der Waals surface area contributed by atoms with E-state index in [2.05, 4.69) is 57.3 Å². The summed E-state index contributed by atoms with van der Waals surface area (Å²) in [5, 5.41) is 3.72. The summed E-state index contributed by atoms with van der Waals surface area (Å²) in [6.45, 7) is 10.4. The molecule has 1 aromatic rings. The standard InChI is InChI=1S/C17H27N/c1-5-18-16(17(2,3)4)15-11-10-13-8-6-7-9-14(13)12-15/h6-9,15-16,18H,5,10-12H2,1-4H3. The van der Waals surface area contributed by atoms with E-state index in [1.807, 2.05) is 0 Å². The molecule has 0 heterocycles. The van der Waals surface area contributed by atoms with Gasteiger partial charge < -0.3 is 5.32 Å². The monoisotopic (exact) mass is 245 g/mol. The Hall–Kier alpha value is -0.820. The summed E-state index contributed by atoms with van der Waals surface area (Å²) in [5.41, 5.74) is 3.48. The van der Waals surface area contributed by atoms with Gasteiger partial charge in [-0.15, -0.1) is 0 Å². The van der Waals surface area contributed by atoms with Crippen molar-refractivity contribution in [2.75, 3.05) is 6.54 Å². The Morgan fingerprint density at radius 1 is 1.22 bits per heavy atom. The Kier molecular flexibility index (Phi) is 4.11. The van der Waals surface area contributed by atoms with Gasteiger partial charge in [0.05, 0.1) is 0 Å². The highest BCUT2D eigenvalue weighted by Gasteiger charge is 2.33. The molecule has 18 heavy (non-hydrogen) atoms. The average molecular weight is 245 g/mol. The van der Waals surface area contributed by atoms with E-state index in [4.69, 9.17) is 0 Å². The third-order valence-electron chi connectivity index (χ3n) is 4.21. The SMILES string of the molecule is CCNC(C1CCc2ccccc2C1)C(C)(C)C. The zero-order valence-electron chi connectivity index (χ0n) is 12.3. The van der Waals surface area contributed by atoms with Gasteiger partial charge in [-0.2, -0.15) is 0 Å². The molecular formula is C17H27N. The second-order valence-electron chi connectivity index (χ2n) is 6.67. The summed E-state index contributed by atoms with van der Waals surface area (Å²) < 4.78 is 0. The molecule has 0 fully saturated rings. The van der Waals surface area contributed by atoms with Gasteiger partial charge in [0.1, 0.15) is 0 Å². The fraction of sp³-hybridized carbons (Fsp3) is 0.647. The van der Waals surface area contributed by atoms with Crippen molar-refractivity contribution in [2.45, 2.75) is 53.0 Å². The number of nitrogens with one attached hydrogen (secondary N) is 1. The third-order valence-corrected chi connectivity index (χ3v) is 4.21. The normalized spacial score (nSPS) is 21.4. The van der Waals surface area contributed by atoms with Crippen LogP contribution in [0.5, 0.6) is 0 Å². The number of hydrogen-bond donors (Lipinski definition) is 1. The lowest BCUT2D eigenvalue weighted by Gasteiger charge is -2.40. The summed E-state index contributed by atoms with van der Waals surface area (Å²) in [6, 6.07) is 9.58. The predicted molar refractivity (Wildman–Crippen MR) is 78.9 cm³/mol. The maximum atomic E-state index is 3.72. The molecule has 1 aromatic carbocycles. The van der Waals surface area contributed by atoms with Crippen molar-refractivity contribution < 1.29 is 0 Å². The second-order valence-corrected chi connectivity index (χ2v) is 6.67. The van der Waals surface area contributed by atoms with Crippen molar-refractivity contribution in [1.82, 2.24) is 5.32 Å². The fourth-order valence-corrected chi connectivity index (χ4v) is 3.41. The largest absolute Gasteiger partial charge is 0.313 e. The Balaban J connectivity index is 2.15. The maximum Gasteiger partial charge on any atom is 0.0147 e. The molecule has 0 saturated carbocycles. The van der Waals surface area contributed by atoms with Crippen molar-refractivity contribution in [3.05, 3.63) is 35.4 Å². The Labute approximate surface area is 112 Å². The molecule has 0 bridgehead atoms. The number of aryl methyl sites for hydroxylation is 1. The summed E-state index contributed by atoms with van der Waals surface area (Å²) in [6.07, 6.45) is 3.82. The third kappa shape index (κ3) is 2.95. The zero-order chi connectivity index (χ0) is 13.2. The molecule has 2 rings (SSSR count). The average Bonchev–Trinajstić information content (AvgIpc) is 2.34. The van der Waals surface area contributed by atoms with Crippen LogP contribution in [0.3, 0.4) is 0 Å². The molecule has 1 heteroatoms. The minimum Gasteiger partial charge on any atom is -0.313 e. The molecule has 0 amide bonds. The highest BCUT2D eigenvalue weighted by molar-refractivity contribution is 5.30. The van der Waals surface area contributed by atoms with E-state index in [-0.39, 0.29) is 0 Å². The van der Waals surface area contributed by atoms with Gasteiger partial charge in [0, 0.05) is 6.04 Å². The van der Waals surface area contributed by atoms with E-state index < -0.39 is 0 Å². The lowest BCUT2D eigenvalue weighted by Crippen LogP contribution is -2.47. The molecule has 1 aliphatic carbocycles. The van der Waals surface area contributed by atoms with E-state index in [0.29, 0.717) is 11.5 Å². The van der Waals surface area contributed by atoms with Gasteiger partial charge in [-0.1, -0.05) is 52.0 Å². The van der Waals surface area contributed by atoms with Crippen molar-refractivity contribution >= 4 is 0 Å². The number of benzene rings is 1. The van der Waals surface area contributed by atoms with Crippen molar-refractivity contribution in [3.63, 3.8) is 0 Å². The molecule has 1 N–H and O–H groups in total. The molecule has 0 spiro atoms. The summed E-state index contributed by atoms with van der Waals surface area (Å²) >= 11 is 0. The fourth-order valence-electron chi connectivity index (χ4n) is 3.41. The van der Waals surface area contributed by atoms with Gasteiger partial charge >= 0.3 is 0 Å². The first-order valence-electron chi connectivity index (χ1n) is 7.32. The summed E-state index contributed by atoms with van der Waals surface area (Å²) in [5.74, 6) is 0.778. The highest BCUT2D eigenvalue weighted by Crippen LogP contribution is 2.34. The first kappa shape index (κ1) is 13.6. The van der Waals surface area contributed by atoms with E-state index in [0.717, 1.165) is 12.5 Å². The Bertz CT molecular complexity index is 389. The van der Waals surface area contributed by atoms with E-state index >= 15 is 0 Å². The highest BCUT2D eigenvalue weighted by atomic mass is 14.9. The Morgan fingerprint density at radius 3 is 2.50 bits per heavy atom. The quantitative estimate of drug-likeness (QED) is 0.853. The van der Waals surface area contributed by atoms with Crippen LogP contribution in [0, 0.1) is 11.3 Å². The van der Waals surface area contributed by atoms with Crippen molar-refractivity contribution in [3.8, 4) is 0 Å². The molecule has 0 radical (unpaired) electrons. The number of fused-ring (bicyclic) bond motifs is 1. The molecule has 1 nitrogen and oxygen atoms in total. The molecule has 0 aromatic heterocycles. The molecule has 100 valence electrons. The lowest BCUT2D eigenvalue weighted by atomic mass is 9.71. The van der Waals surface area contributed by atoms with Gasteiger partial charge in [0.2, 0.25) is 0 Å². The van der Waals surface area contributed by atoms with Gasteiger partial charge in [-0.25, -0.2) is 0 Å². The molecule has 1 aliphatic rings. The van der Waals surface area contributed by atoms with Crippen LogP contribution in [-0.2, 0) is 12.8 Å². The van der Waals surface area contributed by atoms with Crippen molar-refractivity contribution in [1.29, 1.82) is 0 Å². The topological polar surface area (TPSA) is 12.0 Å². The van der Waals surface area contributed by atoms with Crippen LogP contribution in [0.15, 0.2) is 24.3 Å². The van der Waals surface area contributed by atoms with Crippen LogP contribution >= 0.6 is 0 Å². The lowest BCUT2D eigenvalue weighted by molar-refractivity contribution is 0.181.